The van der Waals surface area contributed by atoms with E-state index in [1.807, 2.05) is 42.2 Å². The maximum absolute atomic E-state index is 12.9. The first-order valence-electron chi connectivity index (χ1n) is 11.4. The van der Waals surface area contributed by atoms with E-state index in [4.69, 9.17) is 4.98 Å². The van der Waals surface area contributed by atoms with E-state index in [0.29, 0.717) is 35.0 Å². The minimum absolute atomic E-state index is 0.0396. The number of nitrogens with one attached hydrogen (secondary N) is 2. The molecule has 1 saturated carbocycles. The fraction of sp³-hybridized carbons (Fsp3) is 0.435. The number of aryl methyl sites for hydroxylation is 3. The first-order chi connectivity index (χ1) is 16.3. The van der Waals surface area contributed by atoms with Crippen LogP contribution in [-0.2, 0) is 24.9 Å². The molecule has 1 fully saturated rings. The number of likely N-dealkylation sites (N-methyl/N-ethyl adjacent to an activating group) is 1. The van der Waals surface area contributed by atoms with Gasteiger partial charge in [0.25, 0.3) is 5.91 Å². The van der Waals surface area contributed by atoms with Crippen LogP contribution >= 0.6 is 0 Å². The second-order valence-electron chi connectivity index (χ2n) is 9.01. The lowest BCUT2D eigenvalue weighted by atomic mass is 10.2. The van der Waals surface area contributed by atoms with Gasteiger partial charge in [-0.3, -0.25) is 14.3 Å². The number of hydrogen-bond acceptors (Lipinski definition) is 6. The van der Waals surface area contributed by atoms with E-state index in [0.717, 1.165) is 29.4 Å². The summed E-state index contributed by atoms with van der Waals surface area (Å²) in [6.07, 6.45) is 3.80. The van der Waals surface area contributed by atoms with Crippen LogP contribution in [0.3, 0.4) is 0 Å². The molecule has 0 aliphatic heterocycles. The molecule has 2 amide bonds. The molecule has 1 aliphatic rings. The van der Waals surface area contributed by atoms with Crippen molar-refractivity contribution in [2.75, 3.05) is 19.4 Å². The van der Waals surface area contributed by atoms with Gasteiger partial charge in [0, 0.05) is 50.9 Å². The van der Waals surface area contributed by atoms with Gasteiger partial charge in [0.05, 0.1) is 11.8 Å². The van der Waals surface area contributed by atoms with Crippen molar-refractivity contribution in [1.29, 1.82) is 0 Å². The summed E-state index contributed by atoms with van der Waals surface area (Å²) in [5.41, 5.74) is 3.74. The maximum Gasteiger partial charge on any atom is 0.268 e. The molecule has 11 heteroatoms. The zero-order chi connectivity index (χ0) is 24.1. The topological polar surface area (TPSA) is 115 Å². The summed E-state index contributed by atoms with van der Waals surface area (Å²) in [6.45, 7) is 4.67. The average Bonchev–Trinajstić information content (AvgIpc) is 3.25. The number of pyridine rings is 1. The molecule has 0 spiro atoms. The molecule has 0 aromatic carbocycles. The lowest BCUT2D eigenvalue weighted by Gasteiger charge is -2.11. The van der Waals surface area contributed by atoms with Crippen LogP contribution in [-0.4, -0.2) is 65.7 Å². The van der Waals surface area contributed by atoms with Crippen LogP contribution < -0.4 is 10.6 Å². The number of nitrogens with zero attached hydrogens (tertiary/aromatic N) is 7. The zero-order valence-electron chi connectivity index (χ0n) is 20.1. The fourth-order valence-electron chi connectivity index (χ4n) is 4.12. The standard InChI is InChI=1S/C23H29N9O2/c1-6-31-16(23(34)25-14-7-8-14)10-15-20-19(24-12-30(20)5)21(27-22(15)31)26-17-9-13(2)32(28-17)11-18(33)29(3)4/h9-10,12,14H,6-8,11H2,1-5H3,(H,25,34)(H,26,27,28). The highest BCUT2D eigenvalue weighted by atomic mass is 16.2. The molecule has 0 atom stereocenters. The number of carbonyl (C=O) groups is 2. The number of carbonyl (C=O) groups excluding carboxylic acids is 2. The Bertz CT molecular complexity index is 1420. The molecule has 4 heterocycles. The van der Waals surface area contributed by atoms with Crippen molar-refractivity contribution in [2.45, 2.75) is 45.8 Å². The first kappa shape index (κ1) is 21.9. The van der Waals surface area contributed by atoms with E-state index in [1.165, 1.54) is 4.90 Å². The molecule has 0 saturated heterocycles. The predicted molar refractivity (Wildman–Crippen MR) is 129 cm³/mol. The van der Waals surface area contributed by atoms with Crippen LogP contribution in [0.4, 0.5) is 11.6 Å². The molecule has 178 valence electrons. The van der Waals surface area contributed by atoms with Crippen LogP contribution in [0.1, 0.15) is 35.9 Å². The summed E-state index contributed by atoms with van der Waals surface area (Å²) in [5.74, 6) is 1.01. The number of imidazole rings is 1. The number of aromatic nitrogens is 6. The van der Waals surface area contributed by atoms with Crippen molar-refractivity contribution in [1.82, 2.24) is 39.1 Å². The molecular weight excluding hydrogens is 434 g/mol. The van der Waals surface area contributed by atoms with Crippen molar-refractivity contribution in [3.63, 3.8) is 0 Å². The molecule has 5 rings (SSSR count). The van der Waals surface area contributed by atoms with Gasteiger partial charge in [-0.1, -0.05) is 0 Å². The largest absolute Gasteiger partial charge is 0.348 e. The third-order valence-electron chi connectivity index (χ3n) is 6.18. The summed E-state index contributed by atoms with van der Waals surface area (Å²) in [7, 11) is 5.37. The van der Waals surface area contributed by atoms with Gasteiger partial charge in [0.15, 0.2) is 11.6 Å². The van der Waals surface area contributed by atoms with Crippen LogP contribution in [0.25, 0.3) is 22.1 Å². The van der Waals surface area contributed by atoms with E-state index in [1.54, 1.807) is 25.1 Å². The Hall–Kier alpha value is -3.89. The summed E-state index contributed by atoms with van der Waals surface area (Å²) in [4.78, 5) is 36.0. The first-order valence-corrected chi connectivity index (χ1v) is 11.4. The molecular formula is C23H29N9O2. The van der Waals surface area contributed by atoms with Gasteiger partial charge in [0.2, 0.25) is 5.91 Å². The summed E-state index contributed by atoms with van der Waals surface area (Å²) in [5, 5.41) is 11.8. The Morgan fingerprint density at radius 2 is 2.00 bits per heavy atom. The van der Waals surface area contributed by atoms with Gasteiger partial charge >= 0.3 is 0 Å². The van der Waals surface area contributed by atoms with Crippen LogP contribution in [0.15, 0.2) is 18.5 Å². The quantitative estimate of drug-likeness (QED) is 0.434. The Kier molecular flexibility index (Phi) is 5.26. The summed E-state index contributed by atoms with van der Waals surface area (Å²) >= 11 is 0. The van der Waals surface area contributed by atoms with Gasteiger partial charge in [-0.2, -0.15) is 5.10 Å². The van der Waals surface area contributed by atoms with Crippen molar-refractivity contribution < 1.29 is 9.59 Å². The molecule has 0 radical (unpaired) electrons. The third kappa shape index (κ3) is 3.76. The smallest absolute Gasteiger partial charge is 0.268 e. The molecule has 2 N–H and O–H groups in total. The van der Waals surface area contributed by atoms with E-state index in [-0.39, 0.29) is 24.4 Å². The zero-order valence-corrected chi connectivity index (χ0v) is 20.1. The Morgan fingerprint density at radius 3 is 2.68 bits per heavy atom. The molecule has 1 aliphatic carbocycles. The van der Waals surface area contributed by atoms with Crippen molar-refractivity contribution in [2.24, 2.45) is 7.05 Å². The number of anilines is 2. The van der Waals surface area contributed by atoms with Crippen molar-refractivity contribution in [3.05, 3.63) is 29.8 Å². The molecule has 0 unspecified atom stereocenters. The van der Waals surface area contributed by atoms with Gasteiger partial charge < -0.3 is 24.7 Å². The van der Waals surface area contributed by atoms with Crippen molar-refractivity contribution in [3.8, 4) is 0 Å². The molecule has 34 heavy (non-hydrogen) atoms. The predicted octanol–water partition coefficient (Wildman–Crippen LogP) is 2.17. The second kappa shape index (κ2) is 8.15. The minimum atomic E-state index is -0.0768. The van der Waals surface area contributed by atoms with Crippen LogP contribution in [0.5, 0.6) is 0 Å². The van der Waals surface area contributed by atoms with E-state index >= 15 is 0 Å². The van der Waals surface area contributed by atoms with E-state index in [2.05, 4.69) is 20.7 Å². The van der Waals surface area contributed by atoms with E-state index < -0.39 is 0 Å². The Morgan fingerprint density at radius 1 is 1.24 bits per heavy atom. The van der Waals surface area contributed by atoms with Gasteiger partial charge in [-0.15, -0.1) is 0 Å². The average molecular weight is 464 g/mol. The SMILES string of the molecule is CCn1c(C(=O)NC2CC2)cc2c3c(ncn3C)c(Nc3cc(C)n(CC(=O)N(C)C)n3)nc21. The van der Waals surface area contributed by atoms with Gasteiger partial charge in [-0.25, -0.2) is 9.97 Å². The monoisotopic (exact) mass is 463 g/mol. The summed E-state index contributed by atoms with van der Waals surface area (Å²) in [6, 6.07) is 4.05. The second-order valence-corrected chi connectivity index (χ2v) is 9.01. The lowest BCUT2D eigenvalue weighted by Crippen LogP contribution is -2.27. The number of rotatable bonds is 7. The van der Waals surface area contributed by atoms with Gasteiger partial charge in [-0.05, 0) is 32.8 Å². The van der Waals surface area contributed by atoms with Gasteiger partial charge in [0.1, 0.15) is 23.4 Å². The normalized spacial score (nSPS) is 13.6. The Labute approximate surface area is 196 Å². The molecule has 11 nitrogen and oxygen atoms in total. The molecule has 4 aromatic rings. The third-order valence-corrected chi connectivity index (χ3v) is 6.18. The number of amides is 2. The highest BCUT2D eigenvalue weighted by molar-refractivity contribution is 6.10. The lowest BCUT2D eigenvalue weighted by molar-refractivity contribution is -0.129. The summed E-state index contributed by atoms with van der Waals surface area (Å²) < 4.78 is 5.53. The molecule has 4 aromatic heterocycles. The van der Waals surface area contributed by atoms with Crippen molar-refractivity contribution >= 4 is 45.5 Å². The van der Waals surface area contributed by atoms with Crippen LogP contribution in [0.2, 0.25) is 0 Å². The van der Waals surface area contributed by atoms with E-state index in [9.17, 15) is 9.59 Å². The number of fused-ring (bicyclic) bond motifs is 3. The minimum Gasteiger partial charge on any atom is -0.348 e. The molecule has 0 bridgehead atoms. The Balaban J connectivity index is 1.58. The highest BCUT2D eigenvalue weighted by Crippen LogP contribution is 2.32. The highest BCUT2D eigenvalue weighted by Gasteiger charge is 2.27. The fourth-order valence-corrected chi connectivity index (χ4v) is 4.12. The maximum atomic E-state index is 12.9. The number of hydrogen-bond donors (Lipinski definition) is 2. The van der Waals surface area contributed by atoms with Crippen LogP contribution in [0, 0.1) is 6.92 Å².